The van der Waals surface area contributed by atoms with E-state index in [2.05, 4.69) is 11.4 Å². The molecule has 0 aromatic heterocycles. The summed E-state index contributed by atoms with van der Waals surface area (Å²) in [6.07, 6.45) is 1.83. The van der Waals surface area contributed by atoms with Crippen molar-refractivity contribution in [2.45, 2.75) is 26.7 Å². The fourth-order valence-corrected chi connectivity index (χ4v) is 1.77. The molecule has 0 unspecified atom stereocenters. The van der Waals surface area contributed by atoms with Gasteiger partial charge in [0, 0.05) is 18.3 Å². The van der Waals surface area contributed by atoms with Crippen LogP contribution in [0.2, 0.25) is 0 Å². The SMILES string of the molecule is COc1ccc(NCCCC(C)(C)C#N)cc1OC. The van der Waals surface area contributed by atoms with E-state index >= 15 is 0 Å². The van der Waals surface area contributed by atoms with Crippen molar-refractivity contribution in [3.63, 3.8) is 0 Å². The molecule has 0 heterocycles. The number of benzene rings is 1. The van der Waals surface area contributed by atoms with Crippen LogP contribution in [0.5, 0.6) is 11.5 Å². The van der Waals surface area contributed by atoms with Crippen LogP contribution in [0.4, 0.5) is 5.69 Å². The van der Waals surface area contributed by atoms with E-state index in [1.54, 1.807) is 14.2 Å². The zero-order valence-electron chi connectivity index (χ0n) is 12.1. The van der Waals surface area contributed by atoms with E-state index in [4.69, 9.17) is 14.7 Å². The van der Waals surface area contributed by atoms with Crippen LogP contribution >= 0.6 is 0 Å². The van der Waals surface area contributed by atoms with E-state index in [9.17, 15) is 0 Å². The Labute approximate surface area is 115 Å². The van der Waals surface area contributed by atoms with Crippen molar-refractivity contribution >= 4 is 5.69 Å². The lowest BCUT2D eigenvalue weighted by molar-refractivity contribution is 0.355. The molecule has 0 aliphatic rings. The van der Waals surface area contributed by atoms with Crippen LogP contribution < -0.4 is 14.8 Å². The number of anilines is 1. The number of methoxy groups -OCH3 is 2. The average Bonchev–Trinajstić information content (AvgIpc) is 2.43. The van der Waals surface area contributed by atoms with E-state index < -0.39 is 0 Å². The predicted octanol–water partition coefficient (Wildman–Crippen LogP) is 3.45. The second kappa shape index (κ2) is 6.89. The molecule has 19 heavy (non-hydrogen) atoms. The summed E-state index contributed by atoms with van der Waals surface area (Å²) in [7, 11) is 3.24. The first kappa shape index (κ1) is 15.2. The summed E-state index contributed by atoms with van der Waals surface area (Å²) in [6.45, 7) is 4.76. The summed E-state index contributed by atoms with van der Waals surface area (Å²) in [4.78, 5) is 0. The Morgan fingerprint density at radius 3 is 2.47 bits per heavy atom. The van der Waals surface area contributed by atoms with Crippen molar-refractivity contribution in [3.05, 3.63) is 18.2 Å². The fraction of sp³-hybridized carbons (Fsp3) is 0.533. The smallest absolute Gasteiger partial charge is 0.162 e. The Bertz CT molecular complexity index is 450. The minimum absolute atomic E-state index is 0.251. The molecule has 0 radical (unpaired) electrons. The second-order valence-electron chi connectivity index (χ2n) is 5.10. The van der Waals surface area contributed by atoms with Gasteiger partial charge in [-0.05, 0) is 38.8 Å². The predicted molar refractivity (Wildman–Crippen MR) is 76.7 cm³/mol. The third-order valence-electron chi connectivity index (χ3n) is 2.99. The maximum absolute atomic E-state index is 8.94. The molecule has 0 aliphatic carbocycles. The number of ether oxygens (including phenoxy) is 2. The van der Waals surface area contributed by atoms with Gasteiger partial charge in [0.25, 0.3) is 0 Å². The number of rotatable bonds is 7. The maximum atomic E-state index is 8.94. The number of nitrogens with zero attached hydrogens (tertiary/aromatic N) is 1. The molecule has 1 rings (SSSR count). The highest BCUT2D eigenvalue weighted by Crippen LogP contribution is 2.29. The van der Waals surface area contributed by atoms with Crippen LogP contribution in [0.15, 0.2) is 18.2 Å². The van der Waals surface area contributed by atoms with Gasteiger partial charge in [-0.3, -0.25) is 0 Å². The van der Waals surface area contributed by atoms with Crippen LogP contribution in [0.3, 0.4) is 0 Å². The molecule has 0 amide bonds. The van der Waals surface area contributed by atoms with Gasteiger partial charge in [-0.15, -0.1) is 0 Å². The molecule has 4 nitrogen and oxygen atoms in total. The molecule has 0 spiro atoms. The van der Waals surface area contributed by atoms with Crippen molar-refractivity contribution < 1.29 is 9.47 Å². The molecule has 0 aliphatic heterocycles. The Balaban J connectivity index is 2.48. The minimum Gasteiger partial charge on any atom is -0.493 e. The summed E-state index contributed by atoms with van der Waals surface area (Å²) in [5, 5.41) is 12.3. The van der Waals surface area contributed by atoms with Gasteiger partial charge >= 0.3 is 0 Å². The number of hydrogen-bond acceptors (Lipinski definition) is 4. The Morgan fingerprint density at radius 1 is 1.21 bits per heavy atom. The maximum Gasteiger partial charge on any atom is 0.162 e. The van der Waals surface area contributed by atoms with Crippen molar-refractivity contribution in [2.24, 2.45) is 5.41 Å². The zero-order chi connectivity index (χ0) is 14.3. The third kappa shape index (κ3) is 4.70. The molecular formula is C15H22N2O2. The van der Waals surface area contributed by atoms with Gasteiger partial charge in [-0.1, -0.05) is 0 Å². The van der Waals surface area contributed by atoms with E-state index in [0.717, 1.165) is 30.8 Å². The highest BCUT2D eigenvalue weighted by atomic mass is 16.5. The van der Waals surface area contributed by atoms with Crippen molar-refractivity contribution in [3.8, 4) is 17.6 Å². The summed E-state index contributed by atoms with van der Waals surface area (Å²) >= 11 is 0. The molecule has 0 atom stereocenters. The third-order valence-corrected chi connectivity index (χ3v) is 2.99. The fourth-order valence-electron chi connectivity index (χ4n) is 1.77. The lowest BCUT2D eigenvalue weighted by Crippen LogP contribution is -2.11. The van der Waals surface area contributed by atoms with Crippen LogP contribution in [0.25, 0.3) is 0 Å². The summed E-state index contributed by atoms with van der Waals surface area (Å²) in [6, 6.07) is 8.05. The monoisotopic (exact) mass is 262 g/mol. The quantitative estimate of drug-likeness (QED) is 0.765. The van der Waals surface area contributed by atoms with Gasteiger partial charge in [0.05, 0.1) is 25.7 Å². The highest BCUT2D eigenvalue weighted by Gasteiger charge is 2.15. The van der Waals surface area contributed by atoms with Crippen molar-refractivity contribution in [2.75, 3.05) is 26.1 Å². The van der Waals surface area contributed by atoms with Crippen LogP contribution in [0.1, 0.15) is 26.7 Å². The largest absolute Gasteiger partial charge is 0.493 e. The Morgan fingerprint density at radius 2 is 1.89 bits per heavy atom. The summed E-state index contributed by atoms with van der Waals surface area (Å²) < 4.78 is 10.4. The molecule has 104 valence electrons. The van der Waals surface area contributed by atoms with E-state index in [0.29, 0.717) is 5.75 Å². The lowest BCUT2D eigenvalue weighted by Gasteiger charge is -2.15. The van der Waals surface area contributed by atoms with E-state index in [1.807, 2.05) is 32.0 Å². The van der Waals surface area contributed by atoms with Gasteiger partial charge in [-0.25, -0.2) is 0 Å². The highest BCUT2D eigenvalue weighted by molar-refractivity contribution is 5.54. The van der Waals surface area contributed by atoms with Crippen molar-refractivity contribution in [1.29, 1.82) is 5.26 Å². The zero-order valence-corrected chi connectivity index (χ0v) is 12.1. The van der Waals surface area contributed by atoms with E-state index in [-0.39, 0.29) is 5.41 Å². The van der Waals surface area contributed by atoms with Crippen LogP contribution in [-0.2, 0) is 0 Å². The summed E-state index contributed by atoms with van der Waals surface area (Å²) in [5.41, 5.74) is 0.742. The van der Waals surface area contributed by atoms with E-state index in [1.165, 1.54) is 0 Å². The van der Waals surface area contributed by atoms with Crippen LogP contribution in [0, 0.1) is 16.7 Å². The molecule has 0 saturated carbocycles. The van der Waals surface area contributed by atoms with Gasteiger partial charge in [0.1, 0.15) is 0 Å². The van der Waals surface area contributed by atoms with Crippen LogP contribution in [-0.4, -0.2) is 20.8 Å². The number of nitriles is 1. The standard InChI is InChI=1S/C15H22N2O2/c1-15(2,11-16)8-5-9-17-12-6-7-13(18-3)14(10-12)19-4/h6-7,10,17H,5,8-9H2,1-4H3. The van der Waals surface area contributed by atoms with Gasteiger partial charge in [-0.2, -0.15) is 5.26 Å². The first-order valence-electron chi connectivity index (χ1n) is 6.39. The molecule has 4 heteroatoms. The molecule has 0 saturated heterocycles. The Kier molecular flexibility index (Phi) is 5.50. The van der Waals surface area contributed by atoms with Crippen molar-refractivity contribution in [1.82, 2.24) is 0 Å². The average molecular weight is 262 g/mol. The molecule has 1 N–H and O–H groups in total. The first-order valence-corrected chi connectivity index (χ1v) is 6.39. The number of nitrogens with one attached hydrogen (secondary N) is 1. The molecule has 0 bridgehead atoms. The second-order valence-corrected chi connectivity index (χ2v) is 5.10. The molecular weight excluding hydrogens is 240 g/mol. The Hall–Kier alpha value is -1.89. The van der Waals surface area contributed by atoms with Gasteiger partial charge in [0.2, 0.25) is 0 Å². The minimum atomic E-state index is -0.251. The lowest BCUT2D eigenvalue weighted by atomic mass is 9.90. The normalized spacial score (nSPS) is 10.7. The molecule has 0 fully saturated rings. The number of hydrogen-bond donors (Lipinski definition) is 1. The topological polar surface area (TPSA) is 54.3 Å². The van der Waals surface area contributed by atoms with Gasteiger partial charge in [0.15, 0.2) is 11.5 Å². The molecule has 1 aromatic rings. The summed E-state index contributed by atoms with van der Waals surface area (Å²) in [5.74, 6) is 1.43. The molecule has 1 aromatic carbocycles. The van der Waals surface area contributed by atoms with Gasteiger partial charge < -0.3 is 14.8 Å². The first-order chi connectivity index (χ1) is 9.02.